The summed E-state index contributed by atoms with van der Waals surface area (Å²) in [5.41, 5.74) is 1.02. The van der Waals surface area contributed by atoms with Crippen molar-refractivity contribution in [3.8, 4) is 0 Å². The summed E-state index contributed by atoms with van der Waals surface area (Å²) < 4.78 is 11.3. The minimum atomic E-state index is 0.0678. The molecule has 1 N–H and O–H groups in total. The van der Waals surface area contributed by atoms with Crippen LogP contribution in [0.1, 0.15) is 32.1 Å². The normalized spacial score (nSPS) is 25.7. The van der Waals surface area contributed by atoms with Crippen molar-refractivity contribution in [1.29, 1.82) is 0 Å². The lowest BCUT2D eigenvalue weighted by Gasteiger charge is -2.27. The Morgan fingerprint density at radius 3 is 2.89 bits per heavy atom. The van der Waals surface area contributed by atoms with E-state index in [-0.39, 0.29) is 11.6 Å². The lowest BCUT2D eigenvalue weighted by molar-refractivity contribution is 0.166. The molecule has 3 nitrogen and oxygen atoms in total. The van der Waals surface area contributed by atoms with Gasteiger partial charge in [-0.1, -0.05) is 18.2 Å². The van der Waals surface area contributed by atoms with Crippen LogP contribution >= 0.6 is 0 Å². The highest BCUT2D eigenvalue weighted by atomic mass is 16.5. The van der Waals surface area contributed by atoms with Gasteiger partial charge in [0.1, 0.15) is 11.3 Å². The number of para-hydroxylation sites is 1. The monoisotopic (exact) mass is 245 g/mol. The van der Waals surface area contributed by atoms with Crippen LogP contribution < -0.4 is 5.32 Å². The fraction of sp³-hybridized carbons (Fsp3) is 0.467. The summed E-state index contributed by atoms with van der Waals surface area (Å²) >= 11 is 0. The molecule has 1 aromatic heterocycles. The Hall–Kier alpha value is -1.32. The number of nitrogens with one attached hydrogen (secondary N) is 1. The SMILES string of the molecule is C[C@H](N[C@@]1(C)CCOC1)c1cc2ccccc2o1. The van der Waals surface area contributed by atoms with Crippen LogP contribution in [0.4, 0.5) is 0 Å². The van der Waals surface area contributed by atoms with Crippen molar-refractivity contribution in [2.75, 3.05) is 13.2 Å². The molecule has 1 fully saturated rings. The summed E-state index contributed by atoms with van der Waals surface area (Å²) in [6, 6.07) is 10.4. The highest BCUT2D eigenvalue weighted by molar-refractivity contribution is 5.77. The predicted molar refractivity (Wildman–Crippen MR) is 71.6 cm³/mol. The highest BCUT2D eigenvalue weighted by Gasteiger charge is 2.31. The summed E-state index contributed by atoms with van der Waals surface area (Å²) in [4.78, 5) is 0. The zero-order valence-corrected chi connectivity index (χ0v) is 10.9. The van der Waals surface area contributed by atoms with Gasteiger partial charge in [0.2, 0.25) is 0 Å². The molecular formula is C15H19NO2. The van der Waals surface area contributed by atoms with Crippen molar-refractivity contribution >= 4 is 11.0 Å². The molecule has 2 heterocycles. The van der Waals surface area contributed by atoms with E-state index < -0.39 is 0 Å². The summed E-state index contributed by atoms with van der Waals surface area (Å²) in [5, 5.41) is 4.77. The number of hydrogen-bond acceptors (Lipinski definition) is 3. The van der Waals surface area contributed by atoms with E-state index in [1.165, 1.54) is 0 Å². The van der Waals surface area contributed by atoms with Gasteiger partial charge >= 0.3 is 0 Å². The fourth-order valence-corrected chi connectivity index (χ4v) is 2.59. The van der Waals surface area contributed by atoms with Crippen LogP contribution in [0, 0.1) is 0 Å². The third kappa shape index (κ3) is 2.16. The largest absolute Gasteiger partial charge is 0.459 e. The summed E-state index contributed by atoms with van der Waals surface area (Å²) in [6.07, 6.45) is 1.05. The maximum atomic E-state index is 5.88. The average molecular weight is 245 g/mol. The first-order valence-electron chi connectivity index (χ1n) is 6.50. The Kier molecular flexibility index (Phi) is 2.88. The van der Waals surface area contributed by atoms with E-state index in [1.807, 2.05) is 18.2 Å². The topological polar surface area (TPSA) is 34.4 Å². The molecule has 1 aromatic carbocycles. The Morgan fingerprint density at radius 1 is 1.33 bits per heavy atom. The Labute approximate surface area is 107 Å². The standard InChI is InChI=1S/C15H19NO2/c1-11(16-15(2)7-8-17-10-15)14-9-12-5-3-4-6-13(12)18-14/h3-6,9,11,16H,7-8,10H2,1-2H3/t11-,15-/m0/s1. The van der Waals surface area contributed by atoms with Crippen molar-refractivity contribution in [1.82, 2.24) is 5.32 Å². The first kappa shape index (κ1) is 11.8. The number of hydrogen-bond donors (Lipinski definition) is 1. The number of benzene rings is 1. The molecule has 0 saturated carbocycles. The summed E-state index contributed by atoms with van der Waals surface area (Å²) in [7, 11) is 0. The number of rotatable bonds is 3. The molecule has 0 bridgehead atoms. The summed E-state index contributed by atoms with van der Waals surface area (Å²) in [6.45, 7) is 5.97. The molecule has 3 rings (SSSR count). The molecule has 1 aliphatic heterocycles. The van der Waals surface area contributed by atoms with E-state index in [2.05, 4.69) is 31.3 Å². The molecule has 96 valence electrons. The lowest BCUT2D eigenvalue weighted by atomic mass is 10.00. The second-order valence-corrected chi connectivity index (χ2v) is 5.42. The maximum absolute atomic E-state index is 5.88. The van der Waals surface area contributed by atoms with Crippen LogP contribution in [0.2, 0.25) is 0 Å². The van der Waals surface area contributed by atoms with Crippen LogP contribution in [-0.4, -0.2) is 18.8 Å². The molecule has 1 aliphatic rings. The molecule has 0 unspecified atom stereocenters. The zero-order chi connectivity index (χ0) is 12.6. The zero-order valence-electron chi connectivity index (χ0n) is 10.9. The smallest absolute Gasteiger partial charge is 0.134 e. The van der Waals surface area contributed by atoms with E-state index >= 15 is 0 Å². The molecule has 3 heteroatoms. The van der Waals surface area contributed by atoms with Crippen LogP contribution in [0.25, 0.3) is 11.0 Å². The first-order valence-corrected chi connectivity index (χ1v) is 6.50. The van der Waals surface area contributed by atoms with E-state index in [1.54, 1.807) is 0 Å². The van der Waals surface area contributed by atoms with E-state index in [0.717, 1.165) is 36.4 Å². The van der Waals surface area contributed by atoms with Crippen LogP contribution in [0.5, 0.6) is 0 Å². The molecular weight excluding hydrogens is 226 g/mol. The van der Waals surface area contributed by atoms with Gasteiger partial charge in [0.05, 0.1) is 12.6 Å². The Balaban J connectivity index is 1.81. The van der Waals surface area contributed by atoms with Gasteiger partial charge in [0.25, 0.3) is 0 Å². The van der Waals surface area contributed by atoms with Crippen LogP contribution in [-0.2, 0) is 4.74 Å². The lowest BCUT2D eigenvalue weighted by Crippen LogP contribution is -2.44. The molecule has 0 amide bonds. The molecule has 0 spiro atoms. The van der Waals surface area contributed by atoms with Gasteiger partial charge in [-0.25, -0.2) is 0 Å². The van der Waals surface area contributed by atoms with Crippen molar-refractivity contribution in [3.05, 3.63) is 36.1 Å². The predicted octanol–water partition coefficient (Wildman–Crippen LogP) is 3.26. The van der Waals surface area contributed by atoms with Gasteiger partial charge in [-0.2, -0.15) is 0 Å². The number of fused-ring (bicyclic) bond motifs is 1. The highest BCUT2D eigenvalue weighted by Crippen LogP contribution is 2.27. The second-order valence-electron chi connectivity index (χ2n) is 5.42. The number of furan rings is 1. The van der Waals surface area contributed by atoms with Crippen molar-refractivity contribution < 1.29 is 9.15 Å². The Morgan fingerprint density at radius 2 is 2.17 bits per heavy atom. The van der Waals surface area contributed by atoms with Gasteiger partial charge < -0.3 is 9.15 Å². The van der Waals surface area contributed by atoms with Crippen molar-refractivity contribution in [2.24, 2.45) is 0 Å². The van der Waals surface area contributed by atoms with Crippen molar-refractivity contribution in [2.45, 2.75) is 31.8 Å². The first-order chi connectivity index (χ1) is 8.66. The van der Waals surface area contributed by atoms with E-state index in [4.69, 9.17) is 9.15 Å². The summed E-state index contributed by atoms with van der Waals surface area (Å²) in [5.74, 6) is 0.990. The minimum absolute atomic E-state index is 0.0678. The fourth-order valence-electron chi connectivity index (χ4n) is 2.59. The molecule has 0 radical (unpaired) electrons. The van der Waals surface area contributed by atoms with Gasteiger partial charge in [0, 0.05) is 17.5 Å². The molecule has 1 saturated heterocycles. The van der Waals surface area contributed by atoms with E-state index in [0.29, 0.717) is 0 Å². The van der Waals surface area contributed by atoms with Crippen LogP contribution in [0.15, 0.2) is 34.7 Å². The minimum Gasteiger partial charge on any atom is -0.459 e. The van der Waals surface area contributed by atoms with Crippen LogP contribution in [0.3, 0.4) is 0 Å². The Bertz CT molecular complexity index is 507. The van der Waals surface area contributed by atoms with Gasteiger partial charge in [-0.3, -0.25) is 5.32 Å². The third-order valence-corrected chi connectivity index (χ3v) is 3.66. The van der Waals surface area contributed by atoms with Gasteiger partial charge in [0.15, 0.2) is 0 Å². The molecule has 0 aliphatic carbocycles. The van der Waals surface area contributed by atoms with Crippen molar-refractivity contribution in [3.63, 3.8) is 0 Å². The second kappa shape index (κ2) is 4.41. The average Bonchev–Trinajstić information content (AvgIpc) is 2.95. The molecule has 2 aromatic rings. The molecule has 2 atom stereocenters. The third-order valence-electron chi connectivity index (χ3n) is 3.66. The van der Waals surface area contributed by atoms with Gasteiger partial charge in [-0.15, -0.1) is 0 Å². The number of ether oxygens (including phenoxy) is 1. The quantitative estimate of drug-likeness (QED) is 0.901. The van der Waals surface area contributed by atoms with E-state index in [9.17, 15) is 0 Å². The maximum Gasteiger partial charge on any atom is 0.134 e. The van der Waals surface area contributed by atoms with Gasteiger partial charge in [-0.05, 0) is 32.4 Å². The molecule has 18 heavy (non-hydrogen) atoms.